The number of likely N-dealkylation sites (N-methyl/N-ethyl adjacent to an activating group) is 1. The molecule has 0 aliphatic carbocycles. The molecule has 0 heterocycles. The van der Waals surface area contributed by atoms with E-state index in [0.29, 0.717) is 6.54 Å². The number of halogens is 1. The molecule has 1 atom stereocenters. The summed E-state index contributed by atoms with van der Waals surface area (Å²) < 4.78 is 18.8. The minimum absolute atomic E-state index is 0.0891. The maximum Gasteiger partial charge on any atom is 0.314 e. The Morgan fingerprint density at radius 2 is 2.24 bits per heavy atom. The van der Waals surface area contributed by atoms with Gasteiger partial charge in [0.05, 0.1) is 17.1 Å². The average Bonchev–Trinajstić information content (AvgIpc) is 2.40. The van der Waals surface area contributed by atoms with Gasteiger partial charge in [0.25, 0.3) is 0 Å². The highest BCUT2D eigenvalue weighted by atomic mass is 19.1. The summed E-state index contributed by atoms with van der Waals surface area (Å²) in [7, 11) is 0. The van der Waals surface area contributed by atoms with Crippen LogP contribution in [0, 0.1) is 15.9 Å². The van der Waals surface area contributed by atoms with Crippen LogP contribution in [0.25, 0.3) is 0 Å². The number of nitrogens with zero attached hydrogens (tertiary/aromatic N) is 1. The van der Waals surface area contributed by atoms with Gasteiger partial charge in [0.2, 0.25) is 11.7 Å². The Labute approximate surface area is 121 Å². The highest BCUT2D eigenvalue weighted by molar-refractivity contribution is 5.84. The largest absolute Gasteiger partial charge is 0.485 e. The molecule has 0 saturated heterocycles. The molecule has 1 aromatic carbocycles. The maximum atomic E-state index is 13.6. The predicted molar refractivity (Wildman–Crippen MR) is 74.4 cm³/mol. The lowest BCUT2D eigenvalue weighted by atomic mass is 9.97. The van der Waals surface area contributed by atoms with Crippen molar-refractivity contribution >= 4 is 11.6 Å². The van der Waals surface area contributed by atoms with Gasteiger partial charge in [0.15, 0.2) is 5.82 Å². The first-order valence-electron chi connectivity index (χ1n) is 6.42. The number of nitro benzene ring substituents is 1. The van der Waals surface area contributed by atoms with E-state index in [-0.39, 0.29) is 13.0 Å². The summed E-state index contributed by atoms with van der Waals surface area (Å²) in [6, 6.07) is 3.45. The Hall–Kier alpha value is -2.22. The summed E-state index contributed by atoms with van der Waals surface area (Å²) in [6.45, 7) is 3.83. The lowest BCUT2D eigenvalue weighted by molar-refractivity contribution is -0.386. The molecule has 0 spiro atoms. The van der Waals surface area contributed by atoms with Crippen LogP contribution in [0.4, 0.5) is 10.1 Å². The van der Waals surface area contributed by atoms with E-state index in [9.17, 15) is 19.3 Å². The van der Waals surface area contributed by atoms with Crippen molar-refractivity contribution in [3.05, 3.63) is 34.1 Å². The minimum atomic E-state index is -1.02. The fraction of sp³-hybridized carbons (Fsp3) is 0.462. The van der Waals surface area contributed by atoms with Gasteiger partial charge in [0, 0.05) is 12.5 Å². The third kappa shape index (κ3) is 4.12. The van der Waals surface area contributed by atoms with Crippen LogP contribution >= 0.6 is 0 Å². The van der Waals surface area contributed by atoms with Crippen molar-refractivity contribution in [1.29, 1.82) is 0 Å². The maximum absolute atomic E-state index is 13.6. The molecule has 0 radical (unpaired) electrons. The van der Waals surface area contributed by atoms with Crippen LogP contribution in [-0.4, -0.2) is 29.5 Å². The lowest BCUT2D eigenvalue weighted by Crippen LogP contribution is -2.53. The number of hydrogen-bond acceptors (Lipinski definition) is 5. The van der Waals surface area contributed by atoms with Crippen molar-refractivity contribution < 1.29 is 18.8 Å². The number of para-hydroxylation sites is 1. The molecule has 0 saturated carbocycles. The van der Waals surface area contributed by atoms with Crippen LogP contribution in [0.2, 0.25) is 0 Å². The second kappa shape index (κ2) is 6.98. The van der Waals surface area contributed by atoms with Gasteiger partial charge in [-0.3, -0.25) is 14.9 Å². The molecule has 0 aliphatic heterocycles. The third-order valence-corrected chi connectivity index (χ3v) is 3.10. The Balaban J connectivity index is 2.80. The monoisotopic (exact) mass is 299 g/mol. The standard InChI is InChI=1S/C13H18FN3O4/c1-3-16-13(2,12(15)18)7-8-21-11-9(14)5-4-6-10(11)17(19)20/h4-6,16H,3,7-8H2,1-2H3,(H2,15,18). The molecular formula is C13H18FN3O4. The summed E-state index contributed by atoms with van der Waals surface area (Å²) in [5.74, 6) is -1.84. The molecule has 0 aliphatic rings. The first kappa shape index (κ1) is 16.8. The van der Waals surface area contributed by atoms with Crippen LogP contribution in [-0.2, 0) is 4.79 Å². The van der Waals surface area contributed by atoms with E-state index in [1.54, 1.807) is 6.92 Å². The van der Waals surface area contributed by atoms with E-state index in [1.165, 1.54) is 6.07 Å². The average molecular weight is 299 g/mol. The van der Waals surface area contributed by atoms with E-state index in [4.69, 9.17) is 10.5 Å². The number of amides is 1. The first-order valence-corrected chi connectivity index (χ1v) is 6.42. The van der Waals surface area contributed by atoms with Gasteiger partial charge >= 0.3 is 5.69 Å². The van der Waals surface area contributed by atoms with Gasteiger partial charge in [-0.1, -0.05) is 13.0 Å². The van der Waals surface area contributed by atoms with Crippen LogP contribution < -0.4 is 15.8 Å². The quantitative estimate of drug-likeness (QED) is 0.556. The van der Waals surface area contributed by atoms with Gasteiger partial charge < -0.3 is 15.8 Å². The van der Waals surface area contributed by atoms with Crippen molar-refractivity contribution in [3.63, 3.8) is 0 Å². The van der Waals surface area contributed by atoms with E-state index < -0.39 is 33.6 Å². The summed E-state index contributed by atoms with van der Waals surface area (Å²) in [6.07, 6.45) is 0.154. The molecular weight excluding hydrogens is 281 g/mol. The highest BCUT2D eigenvalue weighted by Crippen LogP contribution is 2.30. The van der Waals surface area contributed by atoms with E-state index in [2.05, 4.69) is 5.32 Å². The summed E-state index contributed by atoms with van der Waals surface area (Å²) in [4.78, 5) is 21.5. The normalized spacial score (nSPS) is 13.5. The second-order valence-electron chi connectivity index (χ2n) is 4.67. The zero-order valence-electron chi connectivity index (χ0n) is 11.9. The zero-order valence-corrected chi connectivity index (χ0v) is 11.9. The molecule has 0 aromatic heterocycles. The minimum Gasteiger partial charge on any atom is -0.485 e. The lowest BCUT2D eigenvalue weighted by Gasteiger charge is -2.26. The molecule has 3 N–H and O–H groups in total. The van der Waals surface area contributed by atoms with Crippen molar-refractivity contribution in [2.75, 3.05) is 13.2 Å². The number of benzene rings is 1. The van der Waals surface area contributed by atoms with Gasteiger partial charge in [-0.2, -0.15) is 0 Å². The molecule has 116 valence electrons. The summed E-state index contributed by atoms with van der Waals surface area (Å²) in [5.41, 5.74) is 3.83. The number of carbonyl (C=O) groups is 1. The first-order chi connectivity index (χ1) is 9.81. The van der Waals surface area contributed by atoms with E-state index in [1.807, 2.05) is 6.92 Å². The SMILES string of the molecule is CCNC(C)(CCOc1c(F)cccc1[N+](=O)[O-])C(N)=O. The molecule has 21 heavy (non-hydrogen) atoms. The number of nitro groups is 1. The molecule has 0 bridgehead atoms. The molecule has 1 aromatic rings. The Bertz CT molecular complexity index is 538. The molecule has 1 amide bonds. The molecule has 7 nitrogen and oxygen atoms in total. The number of nitrogens with two attached hydrogens (primary N) is 1. The van der Waals surface area contributed by atoms with Crippen molar-refractivity contribution in [3.8, 4) is 5.75 Å². The number of ether oxygens (including phenoxy) is 1. The van der Waals surface area contributed by atoms with Gasteiger partial charge in [-0.15, -0.1) is 0 Å². The Morgan fingerprint density at radius 1 is 1.57 bits per heavy atom. The topological polar surface area (TPSA) is 107 Å². The third-order valence-electron chi connectivity index (χ3n) is 3.10. The summed E-state index contributed by atoms with van der Waals surface area (Å²) in [5, 5.41) is 13.7. The van der Waals surface area contributed by atoms with Gasteiger partial charge in [-0.05, 0) is 19.5 Å². The zero-order chi connectivity index (χ0) is 16.0. The fourth-order valence-electron chi connectivity index (χ4n) is 1.83. The van der Waals surface area contributed by atoms with Crippen LogP contribution in [0.15, 0.2) is 18.2 Å². The predicted octanol–water partition coefficient (Wildman–Crippen LogP) is 1.36. The van der Waals surface area contributed by atoms with E-state index in [0.717, 1.165) is 12.1 Å². The molecule has 1 rings (SSSR count). The van der Waals surface area contributed by atoms with Crippen molar-refractivity contribution in [2.45, 2.75) is 25.8 Å². The van der Waals surface area contributed by atoms with Crippen molar-refractivity contribution in [2.24, 2.45) is 5.73 Å². The number of hydrogen-bond donors (Lipinski definition) is 2. The Kier molecular flexibility index (Phi) is 5.60. The van der Waals surface area contributed by atoms with Crippen LogP contribution in [0.1, 0.15) is 20.3 Å². The fourth-order valence-corrected chi connectivity index (χ4v) is 1.83. The van der Waals surface area contributed by atoms with Gasteiger partial charge in [0.1, 0.15) is 0 Å². The molecule has 8 heteroatoms. The molecule has 1 unspecified atom stereocenters. The van der Waals surface area contributed by atoms with Gasteiger partial charge in [-0.25, -0.2) is 4.39 Å². The smallest absolute Gasteiger partial charge is 0.314 e. The highest BCUT2D eigenvalue weighted by Gasteiger charge is 2.30. The van der Waals surface area contributed by atoms with E-state index >= 15 is 0 Å². The van der Waals surface area contributed by atoms with Crippen molar-refractivity contribution in [1.82, 2.24) is 5.32 Å². The number of primary amides is 1. The van der Waals surface area contributed by atoms with Crippen LogP contribution in [0.5, 0.6) is 5.75 Å². The Morgan fingerprint density at radius 3 is 2.76 bits per heavy atom. The number of nitrogens with one attached hydrogen (secondary N) is 1. The van der Waals surface area contributed by atoms with Crippen LogP contribution in [0.3, 0.4) is 0 Å². The molecule has 0 fully saturated rings. The number of rotatable bonds is 8. The second-order valence-corrected chi connectivity index (χ2v) is 4.67. The summed E-state index contributed by atoms with van der Waals surface area (Å²) >= 11 is 0. The number of carbonyl (C=O) groups excluding carboxylic acids is 1.